The lowest BCUT2D eigenvalue weighted by Gasteiger charge is -2.36. The molecule has 3 aromatic rings. The van der Waals surface area contributed by atoms with Crippen LogP contribution in [0.2, 0.25) is 0 Å². The van der Waals surface area contributed by atoms with Crippen LogP contribution in [-0.2, 0) is 15.1 Å². The first-order valence-corrected chi connectivity index (χ1v) is 9.24. The lowest BCUT2D eigenvalue weighted by molar-refractivity contribution is -0.129. The Hall–Kier alpha value is -4.15. The molecule has 1 spiro atoms. The largest absolute Gasteiger partial charge is 0.508 e. The molecule has 0 radical (unpaired) electrons. The summed E-state index contributed by atoms with van der Waals surface area (Å²) in [4.78, 5) is 24.5. The molecule has 0 fully saturated rings. The lowest BCUT2D eigenvalue weighted by Crippen LogP contribution is -2.33. The number of carbonyl (C=O) groups is 2. The number of phenols is 1. The van der Waals surface area contributed by atoms with E-state index in [1.165, 1.54) is 18.2 Å². The standard InChI is InChI=1S/C24H14O6/c1-2-5-22(26)28-15-9-11-19-21(13-15)29-20-12-14(25)8-10-18(20)24(19)17-7-4-3-6-16(17)23(27)30-24/h3-13H,1H3/p+1. The maximum Gasteiger partial charge on any atom is 0.489 e. The number of esters is 2. The minimum Gasteiger partial charge on any atom is -0.508 e. The Morgan fingerprint density at radius 2 is 1.77 bits per heavy atom. The number of allylic oxidation sites excluding steroid dienone is 1. The van der Waals surface area contributed by atoms with Gasteiger partial charge in [-0.2, -0.15) is 0 Å². The highest BCUT2D eigenvalue weighted by molar-refractivity contribution is 5.97. The molecule has 1 N–H and O–H groups in total. The number of rotatable bonds is 2. The van der Waals surface area contributed by atoms with Crippen LogP contribution < -0.4 is 9.47 Å². The minimum absolute atomic E-state index is 0.0103. The highest BCUT2D eigenvalue weighted by Gasteiger charge is 2.53. The van der Waals surface area contributed by atoms with E-state index >= 15 is 0 Å². The van der Waals surface area contributed by atoms with E-state index in [0.29, 0.717) is 33.8 Å². The van der Waals surface area contributed by atoms with Crippen LogP contribution >= 0.6 is 0 Å². The van der Waals surface area contributed by atoms with E-state index in [-0.39, 0.29) is 11.5 Å². The molecule has 2 aliphatic heterocycles. The van der Waals surface area contributed by atoms with Gasteiger partial charge in [-0.3, -0.25) is 0 Å². The zero-order valence-electron chi connectivity index (χ0n) is 15.8. The van der Waals surface area contributed by atoms with E-state index in [1.807, 2.05) is 12.1 Å². The smallest absolute Gasteiger partial charge is 0.489 e. The summed E-state index contributed by atoms with van der Waals surface area (Å²) in [6.07, 6.45) is 3.79. The molecule has 30 heavy (non-hydrogen) atoms. The average Bonchev–Trinajstić information content (AvgIpc) is 3.01. The van der Waals surface area contributed by atoms with Gasteiger partial charge < -0.3 is 19.3 Å². The van der Waals surface area contributed by atoms with Crippen LogP contribution in [0, 0.1) is 6.08 Å². The number of carbonyl (C=O) groups excluding carboxylic acids is 2. The molecule has 6 heteroatoms. The first-order chi connectivity index (χ1) is 14.5. The number of aromatic hydroxyl groups is 1. The summed E-state index contributed by atoms with van der Waals surface area (Å²) in [6.45, 7) is 1.59. The maximum atomic E-state index is 12.7. The molecule has 6 nitrogen and oxygen atoms in total. The molecular formula is C24H15O6+. The van der Waals surface area contributed by atoms with Crippen molar-refractivity contribution in [2.45, 2.75) is 12.5 Å². The van der Waals surface area contributed by atoms with Gasteiger partial charge in [0.15, 0.2) is 11.4 Å². The van der Waals surface area contributed by atoms with Crippen LogP contribution in [0.3, 0.4) is 0 Å². The summed E-state index contributed by atoms with van der Waals surface area (Å²) >= 11 is 0. The molecule has 0 saturated carbocycles. The van der Waals surface area contributed by atoms with Crippen LogP contribution in [0.25, 0.3) is 0 Å². The predicted octanol–water partition coefficient (Wildman–Crippen LogP) is 4.24. The van der Waals surface area contributed by atoms with Crippen LogP contribution in [0.15, 0.2) is 66.7 Å². The zero-order valence-corrected chi connectivity index (χ0v) is 15.8. The van der Waals surface area contributed by atoms with Gasteiger partial charge in [-0.25, -0.2) is 4.79 Å². The van der Waals surface area contributed by atoms with Crippen LogP contribution in [-0.4, -0.2) is 17.0 Å². The Morgan fingerprint density at radius 3 is 2.57 bits per heavy atom. The normalized spacial score (nSPS) is 18.1. The third kappa shape index (κ3) is 2.48. The summed E-state index contributed by atoms with van der Waals surface area (Å²) in [5.74, 6) is -0.0438. The Balaban J connectivity index is 1.74. The lowest BCUT2D eigenvalue weighted by atomic mass is 9.77. The van der Waals surface area contributed by atoms with E-state index in [9.17, 15) is 14.7 Å². The van der Waals surface area contributed by atoms with E-state index < -0.39 is 17.5 Å². The monoisotopic (exact) mass is 399 g/mol. The number of hydrogen-bond acceptors (Lipinski definition) is 6. The van der Waals surface area contributed by atoms with Gasteiger partial charge in [-0.05, 0) is 30.3 Å². The predicted molar refractivity (Wildman–Crippen MR) is 105 cm³/mol. The third-order valence-electron chi connectivity index (χ3n) is 5.15. The zero-order chi connectivity index (χ0) is 20.9. The van der Waals surface area contributed by atoms with Crippen molar-refractivity contribution in [1.29, 1.82) is 0 Å². The fraction of sp³-hybridized carbons (Fsp3) is 0.0833. The molecule has 5 rings (SSSR count). The van der Waals surface area contributed by atoms with Gasteiger partial charge in [-0.1, -0.05) is 18.2 Å². The summed E-state index contributed by atoms with van der Waals surface area (Å²) in [7, 11) is 0. The summed E-state index contributed by atoms with van der Waals surface area (Å²) in [5.41, 5.74) is 1.10. The number of hydrogen-bond donors (Lipinski definition) is 1. The second kappa shape index (κ2) is 6.44. The number of phenolic OH excluding ortho intramolecular Hbond substituents is 1. The highest BCUT2D eigenvalue weighted by Crippen LogP contribution is 2.56. The van der Waals surface area contributed by atoms with Gasteiger partial charge in [0.2, 0.25) is 6.08 Å². The first kappa shape index (κ1) is 17.9. The van der Waals surface area contributed by atoms with Crippen LogP contribution in [0.1, 0.15) is 34.0 Å². The number of benzene rings is 3. The summed E-state index contributed by atoms with van der Waals surface area (Å²) < 4.78 is 17.3. The van der Waals surface area contributed by atoms with Crippen molar-refractivity contribution in [2.24, 2.45) is 0 Å². The summed E-state index contributed by atoms with van der Waals surface area (Å²) in [6, 6.07) is 16.7. The van der Waals surface area contributed by atoms with Gasteiger partial charge in [0, 0.05) is 28.8 Å². The Labute approximate surface area is 171 Å². The molecule has 3 aromatic carbocycles. The molecule has 2 aliphatic rings. The van der Waals surface area contributed by atoms with Crippen molar-refractivity contribution < 1.29 is 28.9 Å². The number of ether oxygens (including phenoxy) is 3. The molecule has 0 saturated heterocycles. The van der Waals surface area contributed by atoms with Gasteiger partial charge in [0.25, 0.3) is 0 Å². The minimum atomic E-state index is -1.23. The molecular weight excluding hydrogens is 384 g/mol. The molecule has 0 amide bonds. The maximum absolute atomic E-state index is 12.7. The van der Waals surface area contributed by atoms with Gasteiger partial charge in [0.1, 0.15) is 17.2 Å². The van der Waals surface area contributed by atoms with Gasteiger partial charge >= 0.3 is 11.9 Å². The Bertz CT molecular complexity index is 1240. The van der Waals surface area contributed by atoms with Crippen molar-refractivity contribution in [1.82, 2.24) is 0 Å². The molecule has 1 atom stereocenters. The average molecular weight is 399 g/mol. The Kier molecular flexibility index (Phi) is 3.85. The van der Waals surface area contributed by atoms with Gasteiger partial charge in [-0.15, -0.1) is 4.79 Å². The molecule has 2 heterocycles. The van der Waals surface area contributed by atoms with Crippen LogP contribution in [0.5, 0.6) is 23.0 Å². The highest BCUT2D eigenvalue weighted by atomic mass is 16.6. The number of fused-ring (bicyclic) bond motifs is 6. The Morgan fingerprint density at radius 1 is 1.03 bits per heavy atom. The summed E-state index contributed by atoms with van der Waals surface area (Å²) in [5, 5.41) is 9.98. The fourth-order valence-corrected chi connectivity index (χ4v) is 3.97. The van der Waals surface area contributed by atoms with E-state index in [2.05, 4.69) is 6.08 Å². The van der Waals surface area contributed by atoms with Crippen LogP contribution in [0.4, 0.5) is 0 Å². The van der Waals surface area contributed by atoms with Crippen molar-refractivity contribution in [3.63, 3.8) is 0 Å². The van der Waals surface area contributed by atoms with Crippen molar-refractivity contribution >= 4 is 11.9 Å². The van der Waals surface area contributed by atoms with Crippen molar-refractivity contribution in [3.8, 4) is 23.0 Å². The first-order valence-electron chi connectivity index (χ1n) is 9.24. The third-order valence-corrected chi connectivity index (χ3v) is 5.15. The molecule has 0 aromatic heterocycles. The molecule has 0 aliphatic carbocycles. The van der Waals surface area contributed by atoms with E-state index in [4.69, 9.17) is 14.2 Å². The van der Waals surface area contributed by atoms with E-state index in [0.717, 1.165) is 0 Å². The van der Waals surface area contributed by atoms with Crippen molar-refractivity contribution in [2.75, 3.05) is 0 Å². The second-order valence-corrected chi connectivity index (χ2v) is 6.91. The van der Waals surface area contributed by atoms with Gasteiger partial charge in [0.05, 0.1) is 18.6 Å². The quantitative estimate of drug-likeness (QED) is 0.300. The van der Waals surface area contributed by atoms with E-state index in [1.54, 1.807) is 43.3 Å². The topological polar surface area (TPSA) is 82.1 Å². The van der Waals surface area contributed by atoms with Crippen molar-refractivity contribution in [3.05, 3.63) is 95.1 Å². The molecule has 0 bridgehead atoms. The molecule has 1 unspecified atom stereocenters. The second-order valence-electron chi connectivity index (χ2n) is 6.91. The fourth-order valence-electron chi connectivity index (χ4n) is 3.97. The SMILES string of the molecule is C[C+]=CC(=O)Oc1ccc2c(c1)Oc1cc(O)ccc1C21OC(=O)c2ccccc21. The molecule has 146 valence electrons.